The molecule has 0 aromatic heterocycles. The molecule has 118 valence electrons. The van der Waals surface area contributed by atoms with Gasteiger partial charge in [0.05, 0.1) is 19.3 Å². The molecule has 5 nitrogen and oxygen atoms in total. The summed E-state index contributed by atoms with van der Waals surface area (Å²) in [6, 6.07) is 7.48. The minimum absolute atomic E-state index is 0.143. The first-order chi connectivity index (χ1) is 10.0. The molecular formula is C16H25NO4. The summed E-state index contributed by atoms with van der Waals surface area (Å²) in [4.78, 5) is 11.2. The van der Waals surface area contributed by atoms with Gasteiger partial charge in [0.25, 0.3) is 0 Å². The molecule has 1 aromatic rings. The third kappa shape index (κ3) is 6.88. The minimum Gasteiger partial charge on any atom is -0.491 e. The molecule has 2 unspecified atom stereocenters. The number of alkyl carbamates (subject to hydrolysis) is 1. The summed E-state index contributed by atoms with van der Waals surface area (Å²) < 4.78 is 16.2. The molecular weight excluding hydrogens is 270 g/mol. The number of nitrogens with one attached hydrogen (secondary N) is 1. The highest BCUT2D eigenvalue weighted by atomic mass is 16.5. The minimum atomic E-state index is -0.426. The van der Waals surface area contributed by atoms with Gasteiger partial charge in [-0.2, -0.15) is 0 Å². The van der Waals surface area contributed by atoms with E-state index in [9.17, 15) is 4.79 Å². The van der Waals surface area contributed by atoms with Crippen LogP contribution in [0.15, 0.2) is 24.3 Å². The molecule has 1 amide bonds. The van der Waals surface area contributed by atoms with E-state index in [2.05, 4.69) is 12.2 Å². The first-order valence-corrected chi connectivity index (χ1v) is 7.39. The fraction of sp³-hybridized carbons (Fsp3) is 0.562. The molecule has 0 aliphatic heterocycles. The van der Waals surface area contributed by atoms with E-state index in [1.165, 1.54) is 0 Å². The Labute approximate surface area is 126 Å². The lowest BCUT2D eigenvalue weighted by molar-refractivity contribution is 0.143. The van der Waals surface area contributed by atoms with Crippen LogP contribution in [0.2, 0.25) is 0 Å². The van der Waals surface area contributed by atoms with Crippen molar-refractivity contribution in [3.63, 3.8) is 0 Å². The van der Waals surface area contributed by atoms with Gasteiger partial charge in [-0.05, 0) is 51.5 Å². The Morgan fingerprint density at radius 2 is 1.57 bits per heavy atom. The van der Waals surface area contributed by atoms with E-state index in [0.29, 0.717) is 13.2 Å². The molecule has 1 N–H and O–H groups in total. The maximum atomic E-state index is 11.2. The van der Waals surface area contributed by atoms with Gasteiger partial charge in [0.2, 0.25) is 0 Å². The molecule has 0 spiro atoms. The Morgan fingerprint density at radius 1 is 1.05 bits per heavy atom. The summed E-state index contributed by atoms with van der Waals surface area (Å²) in [6.45, 7) is 8.52. The standard InChI is InChI=1S/C16H25NO4/c1-5-12(3)20-14-7-9-15(10-8-14)21-13(4)11-17-16(18)19-6-2/h7-10,12-13H,5-6,11H2,1-4H3,(H,17,18). The van der Waals surface area contributed by atoms with Crippen LogP contribution < -0.4 is 14.8 Å². The topological polar surface area (TPSA) is 56.8 Å². The highest BCUT2D eigenvalue weighted by molar-refractivity contribution is 5.67. The highest BCUT2D eigenvalue weighted by Crippen LogP contribution is 2.20. The van der Waals surface area contributed by atoms with Crippen molar-refractivity contribution in [3.05, 3.63) is 24.3 Å². The van der Waals surface area contributed by atoms with Crippen molar-refractivity contribution in [3.8, 4) is 11.5 Å². The number of hydrogen-bond acceptors (Lipinski definition) is 4. The third-order valence-electron chi connectivity index (χ3n) is 2.88. The zero-order valence-corrected chi connectivity index (χ0v) is 13.2. The summed E-state index contributed by atoms with van der Waals surface area (Å²) in [5.41, 5.74) is 0. The summed E-state index contributed by atoms with van der Waals surface area (Å²) >= 11 is 0. The second-order valence-electron chi connectivity index (χ2n) is 4.84. The zero-order chi connectivity index (χ0) is 15.7. The molecule has 5 heteroatoms. The molecule has 0 heterocycles. The Balaban J connectivity index is 2.39. The van der Waals surface area contributed by atoms with Gasteiger partial charge < -0.3 is 19.5 Å². The quantitative estimate of drug-likeness (QED) is 0.799. The summed E-state index contributed by atoms with van der Waals surface area (Å²) in [6.07, 6.45) is 0.597. The van der Waals surface area contributed by atoms with Gasteiger partial charge in [0.1, 0.15) is 17.6 Å². The molecule has 0 aliphatic rings. The van der Waals surface area contributed by atoms with Crippen LogP contribution in [-0.2, 0) is 4.74 Å². The summed E-state index contributed by atoms with van der Waals surface area (Å²) in [7, 11) is 0. The van der Waals surface area contributed by atoms with Crippen LogP contribution in [0.4, 0.5) is 4.79 Å². The van der Waals surface area contributed by atoms with Crippen molar-refractivity contribution < 1.29 is 19.0 Å². The van der Waals surface area contributed by atoms with Gasteiger partial charge in [-0.25, -0.2) is 4.79 Å². The molecule has 0 saturated heterocycles. The molecule has 1 aromatic carbocycles. The lowest BCUT2D eigenvalue weighted by Gasteiger charge is -2.16. The van der Waals surface area contributed by atoms with E-state index < -0.39 is 6.09 Å². The molecule has 0 radical (unpaired) electrons. The highest BCUT2D eigenvalue weighted by Gasteiger charge is 2.08. The Morgan fingerprint density at radius 3 is 2.05 bits per heavy atom. The Bertz CT molecular complexity index is 419. The number of ether oxygens (including phenoxy) is 3. The monoisotopic (exact) mass is 295 g/mol. The smallest absolute Gasteiger partial charge is 0.407 e. The SMILES string of the molecule is CCOC(=O)NCC(C)Oc1ccc(OC(C)CC)cc1. The Hall–Kier alpha value is -1.91. The lowest BCUT2D eigenvalue weighted by Crippen LogP contribution is -2.33. The van der Waals surface area contributed by atoms with Crippen molar-refractivity contribution in [2.24, 2.45) is 0 Å². The fourth-order valence-electron chi connectivity index (χ4n) is 1.60. The first-order valence-electron chi connectivity index (χ1n) is 7.39. The molecule has 0 fully saturated rings. The van der Waals surface area contributed by atoms with E-state index in [0.717, 1.165) is 17.9 Å². The summed E-state index contributed by atoms with van der Waals surface area (Å²) in [5.74, 6) is 1.57. The molecule has 21 heavy (non-hydrogen) atoms. The second kappa shape index (κ2) is 9.10. The lowest BCUT2D eigenvalue weighted by atomic mass is 10.3. The number of amides is 1. The van der Waals surface area contributed by atoms with E-state index in [1.54, 1.807) is 6.92 Å². The van der Waals surface area contributed by atoms with Crippen LogP contribution in [0.1, 0.15) is 34.1 Å². The number of carbonyl (C=O) groups is 1. The Kier molecular flexibility index (Phi) is 7.43. The van der Waals surface area contributed by atoms with Gasteiger partial charge in [-0.1, -0.05) is 6.92 Å². The van der Waals surface area contributed by atoms with Gasteiger partial charge in [0.15, 0.2) is 0 Å². The first kappa shape index (κ1) is 17.1. The van der Waals surface area contributed by atoms with Gasteiger partial charge in [-0.15, -0.1) is 0 Å². The molecule has 1 rings (SSSR count). The van der Waals surface area contributed by atoms with Crippen molar-refractivity contribution in [2.75, 3.05) is 13.2 Å². The van der Waals surface area contributed by atoms with Gasteiger partial charge >= 0.3 is 6.09 Å². The molecule has 0 saturated carbocycles. The van der Waals surface area contributed by atoms with Crippen LogP contribution in [0.25, 0.3) is 0 Å². The van der Waals surface area contributed by atoms with Crippen molar-refractivity contribution in [1.29, 1.82) is 0 Å². The van der Waals surface area contributed by atoms with E-state index in [1.807, 2.05) is 38.1 Å². The van der Waals surface area contributed by atoms with Crippen molar-refractivity contribution in [1.82, 2.24) is 5.32 Å². The maximum Gasteiger partial charge on any atom is 0.407 e. The van der Waals surface area contributed by atoms with E-state index >= 15 is 0 Å². The van der Waals surface area contributed by atoms with Crippen LogP contribution >= 0.6 is 0 Å². The number of carbonyl (C=O) groups excluding carboxylic acids is 1. The fourth-order valence-corrected chi connectivity index (χ4v) is 1.60. The molecule has 0 aliphatic carbocycles. The van der Waals surface area contributed by atoms with Crippen LogP contribution in [-0.4, -0.2) is 31.5 Å². The van der Waals surface area contributed by atoms with E-state index in [4.69, 9.17) is 14.2 Å². The van der Waals surface area contributed by atoms with Crippen molar-refractivity contribution in [2.45, 2.75) is 46.3 Å². The van der Waals surface area contributed by atoms with Crippen LogP contribution in [0, 0.1) is 0 Å². The number of rotatable bonds is 8. The second-order valence-corrected chi connectivity index (χ2v) is 4.84. The number of hydrogen-bond donors (Lipinski definition) is 1. The van der Waals surface area contributed by atoms with Gasteiger partial charge in [-0.3, -0.25) is 0 Å². The number of benzene rings is 1. The third-order valence-corrected chi connectivity index (χ3v) is 2.88. The predicted octanol–water partition coefficient (Wildman–Crippen LogP) is 3.38. The molecule has 0 bridgehead atoms. The zero-order valence-electron chi connectivity index (χ0n) is 13.2. The van der Waals surface area contributed by atoms with Crippen LogP contribution in [0.5, 0.6) is 11.5 Å². The maximum absolute atomic E-state index is 11.2. The largest absolute Gasteiger partial charge is 0.491 e. The molecule has 2 atom stereocenters. The normalized spacial score (nSPS) is 13.1. The average Bonchev–Trinajstić information content (AvgIpc) is 2.47. The van der Waals surface area contributed by atoms with Crippen molar-refractivity contribution >= 4 is 6.09 Å². The van der Waals surface area contributed by atoms with E-state index in [-0.39, 0.29) is 12.2 Å². The summed E-state index contributed by atoms with van der Waals surface area (Å²) in [5, 5.41) is 2.64. The van der Waals surface area contributed by atoms with Gasteiger partial charge in [0, 0.05) is 0 Å². The predicted molar refractivity (Wildman–Crippen MR) is 81.9 cm³/mol. The average molecular weight is 295 g/mol. The van der Waals surface area contributed by atoms with Crippen LogP contribution in [0.3, 0.4) is 0 Å².